The van der Waals surface area contributed by atoms with Gasteiger partial charge in [0, 0.05) is 7.05 Å². The molecule has 21 heavy (non-hydrogen) atoms. The number of para-hydroxylation sites is 1. The molecule has 0 saturated heterocycles. The van der Waals surface area contributed by atoms with Crippen molar-refractivity contribution in [3.63, 3.8) is 0 Å². The molecular formula is C12H12N6O2S. The molecule has 0 aliphatic rings. The highest BCUT2D eigenvalue weighted by Gasteiger charge is 2.10. The summed E-state index contributed by atoms with van der Waals surface area (Å²) in [6.45, 7) is 0.243. The monoisotopic (exact) mass is 304 g/mol. The predicted octanol–water partition coefficient (Wildman–Crippen LogP) is 1.46. The molecule has 3 aromatic rings. The average molecular weight is 304 g/mol. The van der Waals surface area contributed by atoms with E-state index in [0.717, 1.165) is 5.75 Å². The molecule has 0 aliphatic heterocycles. The molecule has 2 aromatic heterocycles. The number of aromatic nitrogens is 6. The smallest absolute Gasteiger partial charge is 0.253 e. The second kappa shape index (κ2) is 6.35. The van der Waals surface area contributed by atoms with E-state index in [2.05, 4.69) is 25.7 Å². The number of aryl methyl sites for hydroxylation is 1. The number of hydrogen-bond acceptors (Lipinski definition) is 8. The highest BCUT2D eigenvalue weighted by atomic mass is 32.2. The lowest BCUT2D eigenvalue weighted by molar-refractivity contribution is 0.260. The average Bonchev–Trinajstić information content (AvgIpc) is 3.13. The van der Waals surface area contributed by atoms with E-state index in [-0.39, 0.29) is 6.61 Å². The number of rotatable bonds is 6. The van der Waals surface area contributed by atoms with Crippen LogP contribution in [0.4, 0.5) is 0 Å². The number of nitrogens with zero attached hydrogens (tertiary/aromatic N) is 6. The van der Waals surface area contributed by atoms with E-state index in [0.29, 0.717) is 22.7 Å². The van der Waals surface area contributed by atoms with Gasteiger partial charge in [0.2, 0.25) is 11.0 Å². The summed E-state index contributed by atoms with van der Waals surface area (Å²) in [7, 11) is 1.77. The Hall–Kier alpha value is -2.42. The van der Waals surface area contributed by atoms with E-state index in [9.17, 15) is 0 Å². The van der Waals surface area contributed by atoms with Gasteiger partial charge in [-0.15, -0.1) is 15.3 Å². The Morgan fingerprint density at radius 1 is 1.14 bits per heavy atom. The van der Waals surface area contributed by atoms with Crippen molar-refractivity contribution in [2.45, 2.75) is 17.5 Å². The first kappa shape index (κ1) is 13.6. The maximum Gasteiger partial charge on any atom is 0.253 e. The van der Waals surface area contributed by atoms with Crippen LogP contribution < -0.4 is 4.74 Å². The van der Waals surface area contributed by atoms with Gasteiger partial charge in [-0.2, -0.15) is 0 Å². The third-order valence-corrected chi connectivity index (χ3v) is 3.52. The van der Waals surface area contributed by atoms with Gasteiger partial charge in [-0.05, 0) is 22.6 Å². The summed E-state index contributed by atoms with van der Waals surface area (Å²) < 4.78 is 12.6. The minimum absolute atomic E-state index is 0.243. The van der Waals surface area contributed by atoms with Gasteiger partial charge in [0.25, 0.3) is 5.89 Å². The highest BCUT2D eigenvalue weighted by Crippen LogP contribution is 2.18. The summed E-state index contributed by atoms with van der Waals surface area (Å²) >= 11 is 1.42. The quantitative estimate of drug-likeness (QED) is 0.632. The molecule has 0 bridgehead atoms. The minimum atomic E-state index is 0.243. The number of thioether (sulfide) groups is 1. The van der Waals surface area contributed by atoms with Gasteiger partial charge in [-0.25, -0.2) is 4.68 Å². The largest absolute Gasteiger partial charge is 0.484 e. The molecule has 8 nitrogen and oxygen atoms in total. The zero-order valence-corrected chi connectivity index (χ0v) is 12.0. The fraction of sp³-hybridized carbons (Fsp3) is 0.250. The topological polar surface area (TPSA) is 91.8 Å². The minimum Gasteiger partial charge on any atom is -0.484 e. The van der Waals surface area contributed by atoms with Crippen molar-refractivity contribution >= 4 is 11.8 Å². The van der Waals surface area contributed by atoms with Crippen molar-refractivity contribution in [1.29, 1.82) is 0 Å². The van der Waals surface area contributed by atoms with Gasteiger partial charge < -0.3 is 9.15 Å². The lowest BCUT2D eigenvalue weighted by Gasteiger charge is -2.01. The first-order valence-corrected chi connectivity index (χ1v) is 7.14. The fourth-order valence-corrected chi connectivity index (χ4v) is 2.22. The summed E-state index contributed by atoms with van der Waals surface area (Å²) in [5.41, 5.74) is 0. The number of tetrazole rings is 1. The Morgan fingerprint density at radius 3 is 2.71 bits per heavy atom. The SMILES string of the molecule is Cn1nnnc1SCc1nnc(COc2ccccc2)o1. The van der Waals surface area contributed by atoms with Gasteiger partial charge in [-0.3, -0.25) is 0 Å². The summed E-state index contributed by atoms with van der Waals surface area (Å²) in [4.78, 5) is 0. The van der Waals surface area contributed by atoms with Crippen LogP contribution in [0.15, 0.2) is 39.9 Å². The van der Waals surface area contributed by atoms with E-state index in [1.54, 1.807) is 11.7 Å². The Bertz CT molecular complexity index is 699. The van der Waals surface area contributed by atoms with Gasteiger partial charge in [0.15, 0.2) is 6.61 Å². The van der Waals surface area contributed by atoms with Gasteiger partial charge in [-0.1, -0.05) is 30.0 Å². The maximum absolute atomic E-state index is 5.54. The Kier molecular flexibility index (Phi) is 4.10. The third-order valence-electron chi connectivity index (χ3n) is 2.52. The summed E-state index contributed by atoms with van der Waals surface area (Å²) in [5, 5.41) is 19.8. The molecule has 0 fully saturated rings. The van der Waals surface area contributed by atoms with E-state index >= 15 is 0 Å². The van der Waals surface area contributed by atoms with E-state index in [1.807, 2.05) is 30.3 Å². The van der Waals surface area contributed by atoms with Crippen molar-refractivity contribution in [3.05, 3.63) is 42.1 Å². The molecule has 0 N–H and O–H groups in total. The lowest BCUT2D eigenvalue weighted by Crippen LogP contribution is -1.95. The van der Waals surface area contributed by atoms with Crippen LogP contribution in [-0.4, -0.2) is 30.4 Å². The van der Waals surface area contributed by atoms with Crippen molar-refractivity contribution in [1.82, 2.24) is 30.4 Å². The Balaban J connectivity index is 1.53. The standard InChI is InChI=1S/C12H12N6O2S/c1-18-12(15-16-17-18)21-8-11-14-13-10(20-11)7-19-9-5-3-2-4-6-9/h2-6H,7-8H2,1H3. The molecule has 0 aliphatic carbocycles. The van der Waals surface area contributed by atoms with Crippen molar-refractivity contribution in [2.75, 3.05) is 0 Å². The maximum atomic E-state index is 5.54. The van der Waals surface area contributed by atoms with E-state index in [1.165, 1.54) is 11.8 Å². The van der Waals surface area contributed by atoms with Gasteiger partial charge in [0.1, 0.15) is 5.75 Å². The van der Waals surface area contributed by atoms with Crippen LogP contribution >= 0.6 is 11.8 Å². The molecule has 9 heteroatoms. The molecule has 0 unspecified atom stereocenters. The number of benzene rings is 1. The first-order chi connectivity index (χ1) is 10.3. The molecule has 0 spiro atoms. The van der Waals surface area contributed by atoms with Gasteiger partial charge in [0.05, 0.1) is 5.75 Å². The van der Waals surface area contributed by atoms with Crippen molar-refractivity contribution in [3.8, 4) is 5.75 Å². The molecule has 0 atom stereocenters. The highest BCUT2D eigenvalue weighted by molar-refractivity contribution is 7.98. The summed E-state index contributed by atoms with van der Waals surface area (Å²) in [6.07, 6.45) is 0. The molecule has 108 valence electrons. The normalized spacial score (nSPS) is 10.7. The molecule has 0 amide bonds. The van der Waals surface area contributed by atoms with Crippen molar-refractivity contribution in [2.24, 2.45) is 7.05 Å². The predicted molar refractivity (Wildman–Crippen MR) is 73.4 cm³/mol. The lowest BCUT2D eigenvalue weighted by atomic mass is 10.3. The summed E-state index contributed by atoms with van der Waals surface area (Å²) in [6, 6.07) is 9.47. The molecule has 2 heterocycles. The van der Waals surface area contributed by atoms with Crippen LogP contribution in [0.25, 0.3) is 0 Å². The number of hydrogen-bond donors (Lipinski definition) is 0. The van der Waals surface area contributed by atoms with Gasteiger partial charge >= 0.3 is 0 Å². The Morgan fingerprint density at radius 2 is 1.95 bits per heavy atom. The number of ether oxygens (including phenoxy) is 1. The van der Waals surface area contributed by atoms with Crippen molar-refractivity contribution < 1.29 is 9.15 Å². The molecule has 1 aromatic carbocycles. The van der Waals surface area contributed by atoms with E-state index < -0.39 is 0 Å². The van der Waals surface area contributed by atoms with Crippen LogP contribution in [0, 0.1) is 0 Å². The molecular weight excluding hydrogens is 292 g/mol. The second-order valence-electron chi connectivity index (χ2n) is 4.07. The Labute approximate surface area is 124 Å². The third kappa shape index (κ3) is 3.57. The zero-order chi connectivity index (χ0) is 14.5. The van der Waals surface area contributed by atoms with E-state index in [4.69, 9.17) is 9.15 Å². The van der Waals surface area contributed by atoms with Crippen LogP contribution in [0.2, 0.25) is 0 Å². The first-order valence-electron chi connectivity index (χ1n) is 6.15. The fourth-order valence-electron chi connectivity index (χ4n) is 1.54. The zero-order valence-electron chi connectivity index (χ0n) is 11.2. The molecule has 3 rings (SSSR count). The van der Waals surface area contributed by atoms with Crippen LogP contribution in [0.3, 0.4) is 0 Å². The molecule has 0 radical (unpaired) electrons. The van der Waals surface area contributed by atoms with Crippen LogP contribution in [0.5, 0.6) is 5.75 Å². The summed E-state index contributed by atoms with van der Waals surface area (Å²) in [5.74, 6) is 2.21. The van der Waals surface area contributed by atoms with Crippen LogP contribution in [0.1, 0.15) is 11.8 Å². The second-order valence-corrected chi connectivity index (χ2v) is 5.01. The molecule has 0 saturated carbocycles. The van der Waals surface area contributed by atoms with Crippen LogP contribution in [-0.2, 0) is 19.4 Å².